The maximum absolute atomic E-state index is 12.1. The lowest BCUT2D eigenvalue weighted by Crippen LogP contribution is -2.27. The molecule has 23 heavy (non-hydrogen) atoms. The molecular weight excluding hydrogens is 314 g/mol. The Morgan fingerprint density at radius 3 is 2.39 bits per heavy atom. The molecule has 2 rings (SSSR count). The molecule has 0 atom stereocenters. The highest BCUT2D eigenvalue weighted by Crippen LogP contribution is 2.24. The number of hydrogen-bond acceptors (Lipinski definition) is 4. The summed E-state index contributed by atoms with van der Waals surface area (Å²) in [6.45, 7) is 0.317. The summed E-state index contributed by atoms with van der Waals surface area (Å²) in [6, 6.07) is 14.6. The van der Waals surface area contributed by atoms with E-state index in [-0.39, 0.29) is 5.75 Å². The summed E-state index contributed by atoms with van der Waals surface area (Å²) in [5.41, 5.74) is 1.69. The molecule has 2 aromatic carbocycles. The maximum atomic E-state index is 12.1. The van der Waals surface area contributed by atoms with Gasteiger partial charge in [0.1, 0.15) is 11.5 Å². The van der Waals surface area contributed by atoms with Crippen LogP contribution in [0.5, 0.6) is 11.5 Å². The summed E-state index contributed by atoms with van der Waals surface area (Å²) in [6.07, 6.45) is 0.543. The Balaban J connectivity index is 1.94. The molecule has 0 spiro atoms. The standard InChI is InChI=1S/C17H21NO4S/c1-21-16-9-8-15(17(12-16)22-2)10-11-18-23(19,20)13-14-6-4-3-5-7-14/h3-9,12,18H,10-11,13H2,1-2H3. The zero-order valence-corrected chi connectivity index (χ0v) is 14.1. The molecule has 6 heteroatoms. The van der Waals surface area contributed by atoms with Gasteiger partial charge in [0.05, 0.1) is 20.0 Å². The topological polar surface area (TPSA) is 64.6 Å². The molecule has 0 amide bonds. The monoisotopic (exact) mass is 335 g/mol. The molecule has 0 heterocycles. The molecule has 0 unspecified atom stereocenters. The van der Waals surface area contributed by atoms with E-state index in [0.29, 0.717) is 24.5 Å². The van der Waals surface area contributed by atoms with Gasteiger partial charge in [-0.05, 0) is 23.6 Å². The van der Waals surface area contributed by atoms with E-state index >= 15 is 0 Å². The Morgan fingerprint density at radius 1 is 1.00 bits per heavy atom. The van der Waals surface area contributed by atoms with Crippen molar-refractivity contribution in [2.75, 3.05) is 20.8 Å². The maximum Gasteiger partial charge on any atom is 0.215 e. The van der Waals surface area contributed by atoms with Crippen LogP contribution in [0.4, 0.5) is 0 Å². The summed E-state index contributed by atoms with van der Waals surface area (Å²) < 4.78 is 37.2. The van der Waals surface area contributed by atoms with Crippen molar-refractivity contribution in [1.29, 1.82) is 0 Å². The highest BCUT2D eigenvalue weighted by molar-refractivity contribution is 7.88. The first-order valence-corrected chi connectivity index (χ1v) is 8.91. The van der Waals surface area contributed by atoms with Crippen LogP contribution in [0.25, 0.3) is 0 Å². The molecule has 124 valence electrons. The van der Waals surface area contributed by atoms with Crippen LogP contribution in [0.1, 0.15) is 11.1 Å². The van der Waals surface area contributed by atoms with E-state index in [1.54, 1.807) is 32.4 Å². The molecule has 0 aliphatic rings. The van der Waals surface area contributed by atoms with Crippen LogP contribution in [0.2, 0.25) is 0 Å². The lowest BCUT2D eigenvalue weighted by molar-refractivity contribution is 0.391. The number of methoxy groups -OCH3 is 2. The SMILES string of the molecule is COc1ccc(CCNS(=O)(=O)Cc2ccccc2)c(OC)c1. The Kier molecular flexibility index (Phi) is 6.01. The Bertz CT molecular complexity index is 730. The predicted octanol–water partition coefficient (Wildman–Crippen LogP) is 2.37. The van der Waals surface area contributed by atoms with Gasteiger partial charge in [-0.25, -0.2) is 13.1 Å². The second kappa shape index (κ2) is 7.99. The molecule has 0 fully saturated rings. The highest BCUT2D eigenvalue weighted by atomic mass is 32.2. The van der Waals surface area contributed by atoms with Crippen molar-refractivity contribution in [3.63, 3.8) is 0 Å². The van der Waals surface area contributed by atoms with Crippen LogP contribution >= 0.6 is 0 Å². The van der Waals surface area contributed by atoms with Crippen molar-refractivity contribution >= 4 is 10.0 Å². The van der Waals surface area contributed by atoms with E-state index in [0.717, 1.165) is 11.1 Å². The zero-order valence-electron chi connectivity index (χ0n) is 13.3. The fourth-order valence-corrected chi connectivity index (χ4v) is 3.39. The Morgan fingerprint density at radius 2 is 1.74 bits per heavy atom. The van der Waals surface area contributed by atoms with Crippen molar-refractivity contribution in [1.82, 2.24) is 4.72 Å². The van der Waals surface area contributed by atoms with Crippen LogP contribution in [0.15, 0.2) is 48.5 Å². The summed E-state index contributed by atoms with van der Waals surface area (Å²) in [4.78, 5) is 0. The minimum Gasteiger partial charge on any atom is -0.497 e. The smallest absolute Gasteiger partial charge is 0.215 e. The van der Waals surface area contributed by atoms with Crippen molar-refractivity contribution in [3.05, 3.63) is 59.7 Å². The third-order valence-corrected chi connectivity index (χ3v) is 4.77. The van der Waals surface area contributed by atoms with Gasteiger partial charge >= 0.3 is 0 Å². The second-order valence-electron chi connectivity index (χ2n) is 5.07. The highest BCUT2D eigenvalue weighted by Gasteiger charge is 2.12. The predicted molar refractivity (Wildman–Crippen MR) is 90.3 cm³/mol. The molecule has 5 nitrogen and oxygen atoms in total. The van der Waals surface area contributed by atoms with E-state index in [1.165, 1.54) is 0 Å². The molecule has 0 bridgehead atoms. The van der Waals surface area contributed by atoms with Crippen molar-refractivity contribution in [2.45, 2.75) is 12.2 Å². The van der Waals surface area contributed by atoms with Gasteiger partial charge in [0, 0.05) is 12.6 Å². The molecule has 0 aliphatic heterocycles. The fourth-order valence-electron chi connectivity index (χ4n) is 2.24. The van der Waals surface area contributed by atoms with Gasteiger partial charge < -0.3 is 9.47 Å². The largest absolute Gasteiger partial charge is 0.497 e. The van der Waals surface area contributed by atoms with Crippen LogP contribution in [0.3, 0.4) is 0 Å². The van der Waals surface area contributed by atoms with E-state index in [2.05, 4.69) is 4.72 Å². The molecule has 0 aromatic heterocycles. The molecule has 0 aliphatic carbocycles. The number of sulfonamides is 1. The third kappa shape index (κ3) is 5.26. The number of ether oxygens (including phenoxy) is 2. The van der Waals surface area contributed by atoms with Gasteiger partial charge in [0.25, 0.3) is 0 Å². The average molecular weight is 335 g/mol. The van der Waals surface area contributed by atoms with Crippen LogP contribution in [0, 0.1) is 0 Å². The Labute approximate surface area is 137 Å². The number of hydrogen-bond donors (Lipinski definition) is 1. The van der Waals surface area contributed by atoms with Gasteiger partial charge in [-0.1, -0.05) is 36.4 Å². The minimum absolute atomic E-state index is 0.0203. The van der Waals surface area contributed by atoms with Gasteiger partial charge in [0.2, 0.25) is 10.0 Å². The number of benzene rings is 2. The summed E-state index contributed by atoms with van der Waals surface area (Å²) in [5.74, 6) is 1.37. The molecule has 0 saturated heterocycles. The first-order valence-electron chi connectivity index (χ1n) is 7.26. The lowest BCUT2D eigenvalue weighted by atomic mass is 10.1. The van der Waals surface area contributed by atoms with Crippen LogP contribution < -0.4 is 14.2 Å². The quantitative estimate of drug-likeness (QED) is 0.804. The zero-order chi connectivity index (χ0) is 16.7. The molecule has 0 saturated carbocycles. The first-order chi connectivity index (χ1) is 11.0. The number of rotatable bonds is 8. The van der Waals surface area contributed by atoms with Crippen LogP contribution in [-0.2, 0) is 22.2 Å². The summed E-state index contributed by atoms with van der Waals surface area (Å²) in [7, 11) is -0.182. The second-order valence-corrected chi connectivity index (χ2v) is 6.87. The van der Waals surface area contributed by atoms with Crippen LogP contribution in [-0.4, -0.2) is 29.2 Å². The van der Waals surface area contributed by atoms with Crippen molar-refractivity contribution in [3.8, 4) is 11.5 Å². The first kappa shape index (κ1) is 17.3. The van der Waals surface area contributed by atoms with Gasteiger partial charge in [-0.2, -0.15) is 0 Å². The molecule has 2 aromatic rings. The van der Waals surface area contributed by atoms with Crippen molar-refractivity contribution in [2.24, 2.45) is 0 Å². The van der Waals surface area contributed by atoms with E-state index in [1.807, 2.05) is 30.3 Å². The van der Waals surface area contributed by atoms with E-state index in [4.69, 9.17) is 9.47 Å². The van der Waals surface area contributed by atoms with Gasteiger partial charge in [-0.3, -0.25) is 0 Å². The molecule has 1 N–H and O–H groups in total. The Hall–Kier alpha value is -2.05. The van der Waals surface area contributed by atoms with Gasteiger partial charge in [0.15, 0.2) is 0 Å². The molecular formula is C17H21NO4S. The average Bonchev–Trinajstić information content (AvgIpc) is 2.55. The third-order valence-electron chi connectivity index (χ3n) is 3.41. The minimum atomic E-state index is -3.35. The van der Waals surface area contributed by atoms with Gasteiger partial charge in [-0.15, -0.1) is 0 Å². The normalized spacial score (nSPS) is 11.2. The number of nitrogens with one attached hydrogen (secondary N) is 1. The van der Waals surface area contributed by atoms with E-state index < -0.39 is 10.0 Å². The summed E-state index contributed by atoms with van der Waals surface area (Å²) in [5, 5.41) is 0. The van der Waals surface area contributed by atoms with E-state index in [9.17, 15) is 8.42 Å². The fraction of sp³-hybridized carbons (Fsp3) is 0.294. The lowest BCUT2D eigenvalue weighted by Gasteiger charge is -2.11. The van der Waals surface area contributed by atoms with Crippen molar-refractivity contribution < 1.29 is 17.9 Å². The summed E-state index contributed by atoms with van der Waals surface area (Å²) >= 11 is 0. The molecule has 0 radical (unpaired) electrons.